The molecule has 3 aromatic rings. The highest BCUT2D eigenvalue weighted by Crippen LogP contribution is 2.40. The van der Waals surface area contributed by atoms with Gasteiger partial charge < -0.3 is 23.9 Å². The van der Waals surface area contributed by atoms with Gasteiger partial charge in [0.25, 0.3) is 0 Å². The molecule has 0 aliphatic carbocycles. The van der Waals surface area contributed by atoms with Crippen molar-refractivity contribution in [2.24, 2.45) is 0 Å². The van der Waals surface area contributed by atoms with E-state index in [4.69, 9.17) is 21.1 Å². The molecule has 0 saturated carbocycles. The number of para-hydroxylation sites is 1. The number of aliphatic hydroxyl groups is 1. The summed E-state index contributed by atoms with van der Waals surface area (Å²) in [4.78, 5) is 11.5. The molecule has 0 saturated heterocycles. The van der Waals surface area contributed by atoms with Crippen LogP contribution in [-0.4, -0.2) is 37.0 Å². The lowest BCUT2D eigenvalue weighted by atomic mass is 9.98. The van der Waals surface area contributed by atoms with E-state index < -0.39 is 17.9 Å². The molecule has 0 spiro atoms. The molecule has 1 heterocycles. The molecule has 0 aliphatic rings. The zero-order valence-electron chi connectivity index (χ0n) is 17.1. The van der Waals surface area contributed by atoms with Gasteiger partial charge in [0.2, 0.25) is 0 Å². The predicted octanol–water partition coefficient (Wildman–Crippen LogP) is 4.55. The lowest BCUT2D eigenvalue weighted by Crippen LogP contribution is -2.10. The van der Waals surface area contributed by atoms with Crippen molar-refractivity contribution >= 4 is 23.6 Å². The van der Waals surface area contributed by atoms with Gasteiger partial charge in [-0.25, -0.2) is 9.18 Å². The Morgan fingerprint density at radius 3 is 2.58 bits per heavy atom. The quantitative estimate of drug-likeness (QED) is 0.426. The van der Waals surface area contributed by atoms with E-state index in [2.05, 4.69) is 4.74 Å². The molecular weight excluding hydrogens is 425 g/mol. The Balaban J connectivity index is 2.19. The summed E-state index contributed by atoms with van der Waals surface area (Å²) in [5.41, 5.74) is 1.16. The molecule has 1 unspecified atom stereocenters. The van der Waals surface area contributed by atoms with Crippen LogP contribution in [0.4, 0.5) is 4.39 Å². The Labute approximate surface area is 184 Å². The van der Waals surface area contributed by atoms with Crippen LogP contribution >= 0.6 is 11.6 Å². The largest absolute Gasteiger partial charge is 0.493 e. The topological polar surface area (TPSA) is 69.9 Å². The number of carbonyl (C=O) groups excluding carboxylic acids is 1. The van der Waals surface area contributed by atoms with Gasteiger partial charge in [-0.2, -0.15) is 0 Å². The fourth-order valence-corrected chi connectivity index (χ4v) is 3.51. The Hall–Kier alpha value is -3.29. The highest BCUT2D eigenvalue weighted by Gasteiger charge is 2.25. The third-order valence-electron chi connectivity index (χ3n) is 4.69. The summed E-state index contributed by atoms with van der Waals surface area (Å²) in [5, 5.41) is 11.4. The molecule has 1 atom stereocenters. The Bertz CT molecular complexity index is 1130. The molecule has 0 bridgehead atoms. The molecule has 1 aromatic heterocycles. The number of nitrogens with zero attached hydrogens (tertiary/aromatic N) is 1. The molecule has 0 radical (unpaired) electrons. The molecule has 0 fully saturated rings. The number of hydrogen-bond acceptors (Lipinski definition) is 5. The van der Waals surface area contributed by atoms with E-state index in [9.17, 15) is 9.90 Å². The first-order chi connectivity index (χ1) is 14.9. The number of esters is 1. The number of halogens is 2. The van der Waals surface area contributed by atoms with Crippen molar-refractivity contribution in [3.63, 3.8) is 0 Å². The van der Waals surface area contributed by atoms with Crippen molar-refractivity contribution in [3.8, 4) is 17.2 Å². The van der Waals surface area contributed by atoms with Gasteiger partial charge in [-0.15, -0.1) is 0 Å². The smallest absolute Gasteiger partial charge is 0.330 e. The summed E-state index contributed by atoms with van der Waals surface area (Å²) >= 11 is 6.12. The number of methoxy groups -OCH3 is 3. The van der Waals surface area contributed by atoms with Gasteiger partial charge in [-0.05, 0) is 36.4 Å². The molecule has 8 heteroatoms. The first-order valence-corrected chi connectivity index (χ1v) is 9.60. The van der Waals surface area contributed by atoms with Gasteiger partial charge in [-0.3, -0.25) is 0 Å². The average molecular weight is 446 g/mol. The van der Waals surface area contributed by atoms with Crippen LogP contribution in [0.5, 0.6) is 11.5 Å². The maximum absolute atomic E-state index is 15.1. The van der Waals surface area contributed by atoms with Crippen molar-refractivity contribution in [2.45, 2.75) is 6.10 Å². The first-order valence-electron chi connectivity index (χ1n) is 9.22. The zero-order valence-corrected chi connectivity index (χ0v) is 17.9. The molecule has 1 N–H and O–H groups in total. The van der Waals surface area contributed by atoms with Crippen LogP contribution in [0, 0.1) is 5.82 Å². The molecule has 0 aliphatic heterocycles. The van der Waals surface area contributed by atoms with Crippen LogP contribution in [-0.2, 0) is 9.53 Å². The van der Waals surface area contributed by atoms with Crippen LogP contribution < -0.4 is 9.47 Å². The monoisotopic (exact) mass is 445 g/mol. The highest BCUT2D eigenvalue weighted by molar-refractivity contribution is 6.30. The Morgan fingerprint density at radius 2 is 1.90 bits per heavy atom. The predicted molar refractivity (Wildman–Crippen MR) is 115 cm³/mol. The van der Waals surface area contributed by atoms with E-state index in [0.717, 1.165) is 6.07 Å². The number of benzene rings is 2. The minimum Gasteiger partial charge on any atom is -0.493 e. The van der Waals surface area contributed by atoms with Crippen molar-refractivity contribution < 1.29 is 28.5 Å². The number of carbonyl (C=O) groups is 1. The summed E-state index contributed by atoms with van der Waals surface area (Å²) in [6, 6.07) is 11.1. The summed E-state index contributed by atoms with van der Waals surface area (Å²) in [5.74, 6) is -0.453. The zero-order chi connectivity index (χ0) is 22.5. The van der Waals surface area contributed by atoms with E-state index in [-0.39, 0.29) is 16.3 Å². The molecule has 6 nitrogen and oxygen atoms in total. The number of rotatable bonds is 7. The van der Waals surface area contributed by atoms with Gasteiger partial charge in [0.1, 0.15) is 11.9 Å². The molecule has 0 amide bonds. The Kier molecular flexibility index (Phi) is 6.99. The maximum Gasteiger partial charge on any atom is 0.330 e. The second-order valence-electron chi connectivity index (χ2n) is 6.47. The summed E-state index contributed by atoms with van der Waals surface area (Å²) < 4.78 is 32.0. The van der Waals surface area contributed by atoms with Gasteiger partial charge in [0, 0.05) is 34.1 Å². The lowest BCUT2D eigenvalue weighted by molar-refractivity contribution is -0.134. The van der Waals surface area contributed by atoms with Crippen LogP contribution in [0.3, 0.4) is 0 Å². The highest BCUT2D eigenvalue weighted by atomic mass is 35.5. The second-order valence-corrected chi connectivity index (χ2v) is 6.91. The number of ether oxygens (including phenoxy) is 3. The van der Waals surface area contributed by atoms with Crippen molar-refractivity contribution in [1.82, 2.24) is 4.57 Å². The van der Waals surface area contributed by atoms with Gasteiger partial charge >= 0.3 is 5.97 Å². The van der Waals surface area contributed by atoms with Crippen LogP contribution in [0.25, 0.3) is 11.8 Å². The minimum absolute atomic E-state index is 0.0799. The van der Waals surface area contributed by atoms with Gasteiger partial charge in [-0.1, -0.05) is 23.7 Å². The van der Waals surface area contributed by atoms with Crippen molar-refractivity contribution in [2.75, 3.05) is 21.3 Å². The standard InChI is InChI=1S/C23H21ClFNO5/c1-29-19-8-4-7-16(23(19)31-3)22(28)17-12-14(24)13-18(25)21(17)26-11-5-6-15(26)9-10-20(27)30-2/h4-13,22,28H,1-3H3/b10-9+. The summed E-state index contributed by atoms with van der Waals surface area (Å²) in [6.07, 6.45) is 3.04. The fraction of sp³-hybridized carbons (Fsp3) is 0.174. The first kappa shape index (κ1) is 22.4. The number of aromatic nitrogens is 1. The third kappa shape index (κ3) is 4.57. The summed E-state index contributed by atoms with van der Waals surface area (Å²) in [7, 11) is 4.20. The lowest BCUT2D eigenvalue weighted by Gasteiger charge is -2.21. The molecule has 31 heavy (non-hydrogen) atoms. The minimum atomic E-state index is -1.28. The molecular formula is C23H21ClFNO5. The number of aliphatic hydroxyl groups excluding tert-OH is 1. The van der Waals surface area contributed by atoms with E-state index in [0.29, 0.717) is 22.8 Å². The van der Waals surface area contributed by atoms with E-state index in [1.165, 1.54) is 44.1 Å². The number of hydrogen-bond donors (Lipinski definition) is 1. The van der Waals surface area contributed by atoms with Crippen molar-refractivity contribution in [1.29, 1.82) is 0 Å². The van der Waals surface area contributed by atoms with Gasteiger partial charge in [0.15, 0.2) is 11.5 Å². The van der Waals surface area contributed by atoms with E-state index >= 15 is 4.39 Å². The van der Waals surface area contributed by atoms with E-state index in [1.54, 1.807) is 36.5 Å². The third-order valence-corrected chi connectivity index (χ3v) is 4.91. The normalized spacial score (nSPS) is 12.1. The molecule has 2 aromatic carbocycles. The van der Waals surface area contributed by atoms with Crippen LogP contribution in [0.2, 0.25) is 5.02 Å². The average Bonchev–Trinajstić information content (AvgIpc) is 3.23. The fourth-order valence-electron chi connectivity index (χ4n) is 3.30. The van der Waals surface area contributed by atoms with Crippen LogP contribution in [0.1, 0.15) is 22.9 Å². The molecule has 162 valence electrons. The maximum atomic E-state index is 15.1. The SMILES string of the molecule is COC(=O)/C=C/c1cccn1-c1c(F)cc(Cl)cc1C(O)c1cccc(OC)c1OC. The van der Waals surface area contributed by atoms with E-state index in [1.807, 2.05) is 0 Å². The molecule has 3 rings (SSSR count). The van der Waals surface area contributed by atoms with Crippen LogP contribution in [0.15, 0.2) is 54.7 Å². The summed E-state index contributed by atoms with van der Waals surface area (Å²) in [6.45, 7) is 0. The Morgan fingerprint density at radius 1 is 1.13 bits per heavy atom. The second kappa shape index (κ2) is 9.68. The van der Waals surface area contributed by atoms with Crippen molar-refractivity contribution in [3.05, 3.63) is 82.4 Å². The van der Waals surface area contributed by atoms with Gasteiger partial charge in [0.05, 0.1) is 27.0 Å².